The minimum Gasteiger partial charge on any atom is -0.507 e. The van der Waals surface area contributed by atoms with E-state index in [-0.39, 0.29) is 58.1 Å². The number of aliphatic hydroxyl groups excluding tert-OH is 2. The molecule has 0 bridgehead atoms. The van der Waals surface area contributed by atoms with Gasteiger partial charge in [-0.2, -0.15) is 0 Å². The van der Waals surface area contributed by atoms with Crippen LogP contribution in [0.2, 0.25) is 0 Å². The molecule has 85 heavy (non-hydrogen) atoms. The van der Waals surface area contributed by atoms with E-state index in [0.717, 1.165) is 43.2 Å². The molecular formula is C69H48N2O14. The van der Waals surface area contributed by atoms with E-state index in [4.69, 9.17) is 18.9 Å². The number of hydrogen-bond donors (Lipinski definition) is 4. The zero-order chi connectivity index (χ0) is 58.7. The number of esters is 2. The van der Waals surface area contributed by atoms with E-state index in [1.54, 1.807) is 97.1 Å². The number of phenolic OH excluding ortho intramolecular Hbond substituents is 2. The molecule has 13 rings (SSSR count). The Morgan fingerprint density at radius 3 is 1.22 bits per heavy atom. The zero-order valence-electron chi connectivity index (χ0n) is 44.9. The molecule has 4 amide bonds. The van der Waals surface area contributed by atoms with Crippen molar-refractivity contribution in [3.8, 4) is 34.1 Å². The molecule has 2 unspecified atom stereocenters. The lowest BCUT2D eigenvalue weighted by Gasteiger charge is -2.34. The Morgan fingerprint density at radius 1 is 0.400 bits per heavy atom. The highest BCUT2D eigenvalue weighted by Crippen LogP contribution is 2.56. The zero-order valence-corrected chi connectivity index (χ0v) is 44.9. The number of nitrogens with zero attached hydrogens (tertiary/aromatic N) is 2. The molecule has 0 saturated heterocycles. The van der Waals surface area contributed by atoms with E-state index >= 15 is 0 Å². The quantitative estimate of drug-likeness (QED) is 0.0522. The van der Waals surface area contributed by atoms with Crippen molar-refractivity contribution in [3.63, 3.8) is 0 Å². The number of aliphatic hydroxyl groups is 2. The standard InChI is InChI=1S/C69H48N2O14/c72-47(37-84-67(80)41-15-27-55-57(33-41)65(78)70(63(55)76)45-21-29-51-39(31-45)7-5-13-61(51)74)35-82-49-23-17-43(18-24-49)69(59-11-3-1-9-53(59)54-10-2-4-12-60(54)69)44-19-25-50(26-20-44)83-36-48(73)38-85-68(81)42-16-28-56-58(34-42)66(79)71(64(56)77)46-22-30-52-40(32-46)8-6-14-62(52)75/h1-34,47-48,72-75H,35-38H2. The summed E-state index contributed by atoms with van der Waals surface area (Å²) < 4.78 is 22.9. The highest BCUT2D eigenvalue weighted by Gasteiger charge is 2.46. The van der Waals surface area contributed by atoms with Crippen LogP contribution in [0.15, 0.2) is 206 Å². The number of carbonyl (C=O) groups excluding carboxylic acids is 6. The Hall–Kier alpha value is -10.9. The van der Waals surface area contributed by atoms with Crippen LogP contribution in [0.25, 0.3) is 32.7 Å². The smallest absolute Gasteiger partial charge is 0.338 e. The molecule has 3 aliphatic rings. The molecule has 2 heterocycles. The largest absolute Gasteiger partial charge is 0.507 e. The van der Waals surface area contributed by atoms with Gasteiger partial charge in [-0.15, -0.1) is 0 Å². The van der Waals surface area contributed by atoms with Gasteiger partial charge in [0.15, 0.2) is 0 Å². The van der Waals surface area contributed by atoms with Gasteiger partial charge in [-0.25, -0.2) is 19.4 Å². The van der Waals surface area contributed by atoms with E-state index in [1.807, 2.05) is 48.5 Å². The first-order valence-corrected chi connectivity index (χ1v) is 27.1. The number of ether oxygens (including phenoxy) is 4. The highest BCUT2D eigenvalue weighted by atomic mass is 16.6. The topological polar surface area (TPSA) is 227 Å². The second kappa shape index (κ2) is 21.4. The number of aromatic hydroxyl groups is 2. The van der Waals surface area contributed by atoms with Crippen LogP contribution in [-0.2, 0) is 14.9 Å². The lowest BCUT2D eigenvalue weighted by atomic mass is 9.68. The van der Waals surface area contributed by atoms with Gasteiger partial charge in [-0.05, 0) is 153 Å². The van der Waals surface area contributed by atoms with Crippen LogP contribution in [-0.4, -0.2) is 94.6 Å². The molecule has 16 heteroatoms. The summed E-state index contributed by atoms with van der Waals surface area (Å²) in [6, 6.07) is 59.2. The lowest BCUT2D eigenvalue weighted by molar-refractivity contribution is 0.0127. The highest BCUT2D eigenvalue weighted by molar-refractivity contribution is 6.36. The third-order valence-corrected chi connectivity index (χ3v) is 15.7. The van der Waals surface area contributed by atoms with Gasteiger partial charge in [-0.3, -0.25) is 19.2 Å². The Morgan fingerprint density at radius 2 is 0.800 bits per heavy atom. The third kappa shape index (κ3) is 9.31. The molecule has 16 nitrogen and oxygen atoms in total. The summed E-state index contributed by atoms with van der Waals surface area (Å²) >= 11 is 0. The molecule has 2 atom stereocenters. The number of rotatable bonds is 16. The molecule has 4 N–H and O–H groups in total. The van der Waals surface area contributed by atoms with Crippen LogP contribution < -0.4 is 19.3 Å². The van der Waals surface area contributed by atoms with Crippen LogP contribution >= 0.6 is 0 Å². The second-order valence-electron chi connectivity index (χ2n) is 20.8. The molecule has 10 aromatic carbocycles. The number of anilines is 2. The van der Waals surface area contributed by atoms with Gasteiger partial charge in [0, 0.05) is 10.8 Å². The Bertz CT molecular complexity index is 4140. The monoisotopic (exact) mass is 1130 g/mol. The van der Waals surface area contributed by atoms with Crippen LogP contribution in [0.1, 0.15) is 84.4 Å². The summed E-state index contributed by atoms with van der Waals surface area (Å²) in [7, 11) is 0. The summed E-state index contributed by atoms with van der Waals surface area (Å²) in [5, 5.41) is 44.7. The number of phenols is 2. The molecule has 10 aromatic rings. The minimum atomic E-state index is -1.23. The van der Waals surface area contributed by atoms with E-state index in [9.17, 15) is 49.2 Å². The Labute approximate surface area is 484 Å². The van der Waals surface area contributed by atoms with Crippen molar-refractivity contribution in [3.05, 3.63) is 262 Å². The number of carbonyl (C=O) groups is 6. The fraction of sp³-hybridized carbons (Fsp3) is 0.101. The first-order chi connectivity index (χ1) is 41.3. The maximum absolute atomic E-state index is 13.6. The third-order valence-electron chi connectivity index (χ3n) is 15.7. The fourth-order valence-corrected chi connectivity index (χ4v) is 11.6. The van der Waals surface area contributed by atoms with Gasteiger partial charge in [0.2, 0.25) is 0 Å². The van der Waals surface area contributed by atoms with Crippen molar-refractivity contribution in [2.45, 2.75) is 17.6 Å². The van der Waals surface area contributed by atoms with Crippen molar-refractivity contribution >= 4 is 68.5 Å². The maximum Gasteiger partial charge on any atom is 0.338 e. The normalized spacial score (nSPS) is 14.4. The number of fused-ring (bicyclic) bond motifs is 7. The van der Waals surface area contributed by atoms with Gasteiger partial charge in [-0.1, -0.05) is 97.1 Å². The molecular weight excluding hydrogens is 1080 g/mol. The van der Waals surface area contributed by atoms with Crippen LogP contribution in [0, 0.1) is 0 Å². The van der Waals surface area contributed by atoms with Crippen molar-refractivity contribution < 1.29 is 68.1 Å². The minimum absolute atomic E-state index is 0.0154. The Balaban J connectivity index is 0.641. The predicted octanol–water partition coefficient (Wildman–Crippen LogP) is 10.6. The lowest BCUT2D eigenvalue weighted by Crippen LogP contribution is -2.29. The number of amides is 4. The van der Waals surface area contributed by atoms with Gasteiger partial charge in [0.05, 0.1) is 50.2 Å². The SMILES string of the molecule is O=C(OCC(O)COc1ccc(C2(c3ccc(OCC(O)COC(=O)c4ccc5c(c4)C(=O)N(c4ccc6c(O)cccc6c4)C5=O)cc3)c3ccccc3-c3ccccc32)cc1)c1ccc2c(c1)C(=O)N(c1ccc3c(O)cccc3c1)C2=O. The van der Waals surface area contributed by atoms with Gasteiger partial charge >= 0.3 is 11.9 Å². The van der Waals surface area contributed by atoms with Gasteiger partial charge in [0.25, 0.3) is 23.6 Å². The molecule has 418 valence electrons. The molecule has 0 saturated carbocycles. The first-order valence-electron chi connectivity index (χ1n) is 27.1. The van der Waals surface area contributed by atoms with Crippen LogP contribution in [0.3, 0.4) is 0 Å². The molecule has 0 aromatic heterocycles. The molecule has 0 spiro atoms. The average Bonchev–Trinajstić information content (AvgIpc) is 1.67. The maximum atomic E-state index is 13.6. The molecule has 2 aliphatic heterocycles. The van der Waals surface area contributed by atoms with Gasteiger partial charge in [0.1, 0.15) is 61.6 Å². The summed E-state index contributed by atoms with van der Waals surface area (Å²) in [5.74, 6) is -2.96. The van der Waals surface area contributed by atoms with Crippen LogP contribution in [0.4, 0.5) is 11.4 Å². The molecule has 0 radical (unpaired) electrons. The summed E-state index contributed by atoms with van der Waals surface area (Å²) in [4.78, 5) is 82.4. The van der Waals surface area contributed by atoms with Gasteiger partial charge < -0.3 is 39.4 Å². The van der Waals surface area contributed by atoms with E-state index in [1.165, 1.54) is 36.4 Å². The second-order valence-corrected chi connectivity index (χ2v) is 20.8. The van der Waals surface area contributed by atoms with Crippen molar-refractivity contribution in [2.24, 2.45) is 0 Å². The fourth-order valence-electron chi connectivity index (χ4n) is 11.6. The molecule has 0 fully saturated rings. The van der Waals surface area contributed by atoms with E-state index in [0.29, 0.717) is 44.4 Å². The number of benzene rings is 10. The first kappa shape index (κ1) is 53.4. The predicted molar refractivity (Wildman–Crippen MR) is 314 cm³/mol. The van der Waals surface area contributed by atoms with Crippen molar-refractivity contribution in [2.75, 3.05) is 36.2 Å². The van der Waals surface area contributed by atoms with E-state index < -0.39 is 66.4 Å². The number of hydrogen-bond acceptors (Lipinski definition) is 14. The number of imide groups is 2. The van der Waals surface area contributed by atoms with E-state index in [2.05, 4.69) is 24.3 Å². The summed E-state index contributed by atoms with van der Waals surface area (Å²) in [6.45, 7) is -1.29. The summed E-state index contributed by atoms with van der Waals surface area (Å²) in [6.07, 6.45) is -2.46. The average molecular weight is 1130 g/mol. The summed E-state index contributed by atoms with van der Waals surface area (Å²) in [5.41, 5.74) is 6.17. The van der Waals surface area contributed by atoms with Crippen LogP contribution in [0.5, 0.6) is 23.0 Å². The Kier molecular flexibility index (Phi) is 13.5. The van der Waals surface area contributed by atoms with Crippen molar-refractivity contribution in [1.82, 2.24) is 0 Å². The van der Waals surface area contributed by atoms with Crippen molar-refractivity contribution in [1.29, 1.82) is 0 Å². The molecule has 1 aliphatic carbocycles.